The SMILES string of the molecule is CCOC(=O)CCC(N)Cc1ccc(Cl)s1. The van der Waals surface area contributed by atoms with Crippen LogP contribution in [0.3, 0.4) is 0 Å². The normalized spacial score (nSPS) is 12.4. The molecule has 1 atom stereocenters. The van der Waals surface area contributed by atoms with Crippen molar-refractivity contribution < 1.29 is 9.53 Å². The molecule has 90 valence electrons. The number of thiophene rings is 1. The van der Waals surface area contributed by atoms with E-state index >= 15 is 0 Å². The fourth-order valence-electron chi connectivity index (χ4n) is 1.36. The Morgan fingerprint density at radius 1 is 1.62 bits per heavy atom. The Bertz CT molecular complexity index is 340. The van der Waals surface area contributed by atoms with Gasteiger partial charge in [-0.05, 0) is 31.9 Å². The summed E-state index contributed by atoms with van der Waals surface area (Å²) in [6.45, 7) is 2.22. The van der Waals surface area contributed by atoms with Gasteiger partial charge in [0.15, 0.2) is 0 Å². The number of esters is 1. The molecule has 0 saturated carbocycles. The van der Waals surface area contributed by atoms with E-state index in [4.69, 9.17) is 22.1 Å². The van der Waals surface area contributed by atoms with E-state index in [-0.39, 0.29) is 12.0 Å². The Hall–Kier alpha value is -0.580. The number of halogens is 1. The van der Waals surface area contributed by atoms with Crippen molar-refractivity contribution in [2.24, 2.45) is 5.73 Å². The molecular formula is C11H16ClNO2S. The van der Waals surface area contributed by atoms with Crippen LogP contribution < -0.4 is 5.73 Å². The van der Waals surface area contributed by atoms with Gasteiger partial charge in [0.1, 0.15) is 0 Å². The maximum atomic E-state index is 11.1. The summed E-state index contributed by atoms with van der Waals surface area (Å²) in [4.78, 5) is 12.3. The molecule has 0 aliphatic rings. The largest absolute Gasteiger partial charge is 0.466 e. The van der Waals surface area contributed by atoms with Crippen LogP contribution in [0.2, 0.25) is 4.34 Å². The summed E-state index contributed by atoms with van der Waals surface area (Å²) in [7, 11) is 0. The lowest BCUT2D eigenvalue weighted by atomic mass is 10.1. The standard InChI is InChI=1S/C11H16ClNO2S/c1-2-15-11(14)6-3-8(13)7-9-4-5-10(12)16-9/h4-5,8H,2-3,6-7,13H2,1H3. The number of hydrogen-bond donors (Lipinski definition) is 1. The molecule has 3 nitrogen and oxygen atoms in total. The van der Waals surface area contributed by atoms with Gasteiger partial charge in [-0.2, -0.15) is 0 Å². The quantitative estimate of drug-likeness (QED) is 0.801. The van der Waals surface area contributed by atoms with E-state index in [1.165, 1.54) is 11.3 Å². The molecule has 0 aliphatic heterocycles. The number of carbonyl (C=O) groups is 1. The number of hydrogen-bond acceptors (Lipinski definition) is 4. The second kappa shape index (κ2) is 6.89. The van der Waals surface area contributed by atoms with E-state index in [1.54, 1.807) is 6.92 Å². The molecule has 0 fully saturated rings. The molecule has 0 spiro atoms. The van der Waals surface area contributed by atoms with Crippen molar-refractivity contribution in [3.8, 4) is 0 Å². The van der Waals surface area contributed by atoms with E-state index < -0.39 is 0 Å². The summed E-state index contributed by atoms with van der Waals surface area (Å²) < 4.78 is 5.60. The zero-order valence-corrected chi connectivity index (χ0v) is 10.8. The third kappa shape index (κ3) is 4.96. The van der Waals surface area contributed by atoms with Crippen molar-refractivity contribution in [3.05, 3.63) is 21.3 Å². The van der Waals surface area contributed by atoms with Crippen LogP contribution in [0.25, 0.3) is 0 Å². The maximum absolute atomic E-state index is 11.1. The monoisotopic (exact) mass is 261 g/mol. The molecule has 1 aromatic heterocycles. The summed E-state index contributed by atoms with van der Waals surface area (Å²) >= 11 is 7.35. The number of carbonyl (C=O) groups excluding carboxylic acids is 1. The summed E-state index contributed by atoms with van der Waals surface area (Å²) in [5.74, 6) is -0.179. The minimum absolute atomic E-state index is 0.0147. The smallest absolute Gasteiger partial charge is 0.305 e. The fourth-order valence-corrected chi connectivity index (χ4v) is 2.54. The lowest BCUT2D eigenvalue weighted by Crippen LogP contribution is -2.23. The first kappa shape index (κ1) is 13.5. The minimum Gasteiger partial charge on any atom is -0.466 e. The molecule has 1 heterocycles. The first-order valence-electron chi connectivity index (χ1n) is 5.27. The van der Waals surface area contributed by atoms with Gasteiger partial charge in [-0.1, -0.05) is 11.6 Å². The molecule has 0 saturated heterocycles. The van der Waals surface area contributed by atoms with Crippen molar-refractivity contribution >= 4 is 28.9 Å². The van der Waals surface area contributed by atoms with Gasteiger partial charge < -0.3 is 10.5 Å². The second-order valence-electron chi connectivity index (χ2n) is 3.51. The van der Waals surface area contributed by atoms with Crippen LogP contribution in [0.1, 0.15) is 24.6 Å². The van der Waals surface area contributed by atoms with Gasteiger partial charge in [-0.15, -0.1) is 11.3 Å². The van der Waals surface area contributed by atoms with Gasteiger partial charge in [0.25, 0.3) is 0 Å². The van der Waals surface area contributed by atoms with Crippen molar-refractivity contribution in [1.82, 2.24) is 0 Å². The molecular weight excluding hydrogens is 246 g/mol. The Morgan fingerprint density at radius 3 is 2.94 bits per heavy atom. The van der Waals surface area contributed by atoms with Crippen molar-refractivity contribution in [1.29, 1.82) is 0 Å². The van der Waals surface area contributed by atoms with Crippen LogP contribution in [0.4, 0.5) is 0 Å². The Labute approximate surface area is 105 Å². The summed E-state index contributed by atoms with van der Waals surface area (Å²) in [5, 5.41) is 0. The summed E-state index contributed by atoms with van der Waals surface area (Å²) in [6.07, 6.45) is 1.79. The van der Waals surface area contributed by atoms with Gasteiger partial charge >= 0.3 is 5.97 Å². The topological polar surface area (TPSA) is 52.3 Å². The van der Waals surface area contributed by atoms with E-state index in [9.17, 15) is 4.79 Å². The second-order valence-corrected chi connectivity index (χ2v) is 5.31. The van der Waals surface area contributed by atoms with Gasteiger partial charge in [-0.25, -0.2) is 0 Å². The number of rotatable bonds is 6. The fraction of sp³-hybridized carbons (Fsp3) is 0.545. The van der Waals surface area contributed by atoms with Crippen LogP contribution >= 0.6 is 22.9 Å². The van der Waals surface area contributed by atoms with Crippen molar-refractivity contribution in [2.45, 2.75) is 32.2 Å². The highest BCUT2D eigenvalue weighted by molar-refractivity contribution is 7.16. The van der Waals surface area contributed by atoms with Crippen LogP contribution in [0.15, 0.2) is 12.1 Å². The number of ether oxygens (including phenoxy) is 1. The molecule has 0 radical (unpaired) electrons. The van der Waals surface area contributed by atoms with E-state index in [0.29, 0.717) is 19.4 Å². The van der Waals surface area contributed by atoms with Crippen molar-refractivity contribution in [2.75, 3.05) is 6.61 Å². The van der Waals surface area contributed by atoms with Gasteiger partial charge in [0.2, 0.25) is 0 Å². The Balaban J connectivity index is 2.25. The van der Waals surface area contributed by atoms with Gasteiger partial charge in [-0.3, -0.25) is 4.79 Å². The zero-order chi connectivity index (χ0) is 12.0. The average Bonchev–Trinajstić information content (AvgIpc) is 2.61. The first-order valence-corrected chi connectivity index (χ1v) is 6.46. The van der Waals surface area contributed by atoms with Crippen LogP contribution in [0, 0.1) is 0 Å². The molecule has 2 N–H and O–H groups in total. The van der Waals surface area contributed by atoms with E-state index in [1.807, 2.05) is 12.1 Å². The Kier molecular flexibility index (Phi) is 5.80. The van der Waals surface area contributed by atoms with Crippen LogP contribution in [-0.2, 0) is 16.0 Å². The minimum atomic E-state index is -0.179. The highest BCUT2D eigenvalue weighted by Crippen LogP contribution is 2.22. The third-order valence-electron chi connectivity index (χ3n) is 2.12. The van der Waals surface area contributed by atoms with E-state index in [2.05, 4.69) is 0 Å². The third-order valence-corrected chi connectivity index (χ3v) is 3.37. The lowest BCUT2D eigenvalue weighted by Gasteiger charge is -2.09. The van der Waals surface area contributed by atoms with Crippen LogP contribution in [-0.4, -0.2) is 18.6 Å². The maximum Gasteiger partial charge on any atom is 0.305 e. The number of nitrogens with two attached hydrogens (primary N) is 1. The van der Waals surface area contributed by atoms with Crippen molar-refractivity contribution in [3.63, 3.8) is 0 Å². The molecule has 16 heavy (non-hydrogen) atoms. The lowest BCUT2D eigenvalue weighted by molar-refractivity contribution is -0.143. The molecule has 0 aromatic carbocycles. The molecule has 1 unspecified atom stereocenters. The highest BCUT2D eigenvalue weighted by atomic mass is 35.5. The summed E-state index contributed by atoms with van der Waals surface area (Å²) in [5.41, 5.74) is 5.92. The van der Waals surface area contributed by atoms with Gasteiger partial charge in [0, 0.05) is 17.3 Å². The predicted molar refractivity (Wildman–Crippen MR) is 66.9 cm³/mol. The molecule has 1 aromatic rings. The van der Waals surface area contributed by atoms with Crippen LogP contribution in [0.5, 0.6) is 0 Å². The highest BCUT2D eigenvalue weighted by Gasteiger charge is 2.09. The van der Waals surface area contributed by atoms with E-state index in [0.717, 1.165) is 15.6 Å². The average molecular weight is 262 g/mol. The summed E-state index contributed by atoms with van der Waals surface area (Å²) in [6, 6.07) is 3.82. The molecule has 5 heteroatoms. The molecule has 0 aliphatic carbocycles. The Morgan fingerprint density at radius 2 is 2.38 bits per heavy atom. The first-order chi connectivity index (χ1) is 7.61. The van der Waals surface area contributed by atoms with Gasteiger partial charge in [0.05, 0.1) is 10.9 Å². The molecule has 0 bridgehead atoms. The molecule has 0 amide bonds. The predicted octanol–water partition coefficient (Wildman–Crippen LogP) is 2.61. The zero-order valence-electron chi connectivity index (χ0n) is 9.24. The molecule has 1 rings (SSSR count).